The monoisotopic (exact) mass is 378 g/mol. The summed E-state index contributed by atoms with van der Waals surface area (Å²) in [6, 6.07) is 6.81. The Morgan fingerprint density at radius 3 is 2.33 bits per heavy atom. The Morgan fingerprint density at radius 2 is 1.74 bits per heavy atom. The first kappa shape index (κ1) is 19.8. The van der Waals surface area contributed by atoms with Crippen molar-refractivity contribution in [2.75, 3.05) is 25.5 Å². The molecule has 0 spiro atoms. The first-order chi connectivity index (χ1) is 12.8. The van der Waals surface area contributed by atoms with Crippen LogP contribution in [0.4, 0.5) is 20.2 Å². The number of anilines is 1. The Bertz CT molecular complexity index is 869. The van der Waals surface area contributed by atoms with E-state index in [0.717, 1.165) is 24.3 Å². The van der Waals surface area contributed by atoms with Gasteiger partial charge in [0.15, 0.2) is 0 Å². The molecule has 2 rings (SSSR count). The second-order valence-corrected chi connectivity index (χ2v) is 5.35. The molecule has 0 aliphatic heterocycles. The number of hydrogen-bond donors (Lipinski definition) is 3. The number of carbonyl (C=O) groups is 2. The third-order valence-electron chi connectivity index (χ3n) is 3.60. The van der Waals surface area contributed by atoms with Gasteiger partial charge in [-0.1, -0.05) is 6.07 Å². The molecule has 0 bridgehead atoms. The van der Waals surface area contributed by atoms with Gasteiger partial charge in [-0.05, 0) is 18.2 Å². The molecule has 2 amide bonds. The number of non-ortho nitro benzene ring substituents is 1. The Labute approximate surface area is 152 Å². The molecule has 0 unspecified atom stereocenters. The molecule has 0 radical (unpaired) electrons. The summed E-state index contributed by atoms with van der Waals surface area (Å²) in [5.41, 5.74) is -0.564. The molecule has 2 aromatic rings. The van der Waals surface area contributed by atoms with Gasteiger partial charge in [0.2, 0.25) is 0 Å². The van der Waals surface area contributed by atoms with Crippen LogP contribution >= 0.6 is 0 Å². The molecule has 2 aromatic carbocycles. The minimum Gasteiger partial charge on any atom is -0.383 e. The lowest BCUT2D eigenvalue weighted by Crippen LogP contribution is -2.30. The Hall–Kier alpha value is -3.56. The minimum absolute atomic E-state index is 0.00320. The molecule has 27 heavy (non-hydrogen) atoms. The molecule has 3 N–H and O–H groups in total. The van der Waals surface area contributed by atoms with Gasteiger partial charge in [-0.15, -0.1) is 0 Å². The van der Waals surface area contributed by atoms with Crippen LogP contribution in [0.25, 0.3) is 0 Å². The predicted octanol–water partition coefficient (Wildman–Crippen LogP) is 2.07. The highest BCUT2D eigenvalue weighted by Gasteiger charge is 2.17. The number of carbonyl (C=O) groups excluding carboxylic acids is 2. The quantitative estimate of drug-likeness (QED) is 0.388. The second-order valence-electron chi connectivity index (χ2n) is 5.35. The van der Waals surface area contributed by atoms with Gasteiger partial charge in [0.05, 0.1) is 10.5 Å². The van der Waals surface area contributed by atoms with E-state index in [1.807, 2.05) is 0 Å². The average molecular weight is 378 g/mol. The zero-order chi connectivity index (χ0) is 20.0. The zero-order valence-corrected chi connectivity index (χ0v) is 14.2. The lowest BCUT2D eigenvalue weighted by Gasteiger charge is -2.12. The van der Waals surface area contributed by atoms with Gasteiger partial charge >= 0.3 is 0 Å². The van der Waals surface area contributed by atoms with Crippen molar-refractivity contribution in [3.05, 3.63) is 69.3 Å². The van der Waals surface area contributed by atoms with E-state index >= 15 is 0 Å². The van der Waals surface area contributed by atoms with E-state index in [2.05, 4.69) is 16.0 Å². The maximum absolute atomic E-state index is 13.5. The summed E-state index contributed by atoms with van der Waals surface area (Å²) in [7, 11) is 1.38. The maximum Gasteiger partial charge on any atom is 0.270 e. The molecule has 142 valence electrons. The number of benzene rings is 2. The largest absolute Gasteiger partial charge is 0.383 e. The smallest absolute Gasteiger partial charge is 0.270 e. The van der Waals surface area contributed by atoms with Gasteiger partial charge in [-0.2, -0.15) is 0 Å². The lowest BCUT2D eigenvalue weighted by molar-refractivity contribution is -0.384. The number of nitro groups is 1. The topological polar surface area (TPSA) is 113 Å². The first-order valence-electron chi connectivity index (χ1n) is 7.81. The summed E-state index contributed by atoms with van der Waals surface area (Å²) < 4.78 is 27.1. The molecule has 0 fully saturated rings. The Morgan fingerprint density at radius 1 is 1.07 bits per heavy atom. The third kappa shape index (κ3) is 4.75. The molecule has 8 nitrogen and oxygen atoms in total. The van der Waals surface area contributed by atoms with Crippen LogP contribution in [0.15, 0.2) is 36.4 Å². The van der Waals surface area contributed by atoms with E-state index in [-0.39, 0.29) is 24.3 Å². The fourth-order valence-electron chi connectivity index (χ4n) is 2.30. The SMILES string of the molecule is CNC(=O)c1cc([N+](=O)[O-])ccc1NCCNC(=O)c1c(F)cccc1F. The number of rotatable bonds is 7. The van der Waals surface area contributed by atoms with Crippen LogP contribution in [0.3, 0.4) is 0 Å². The molecule has 0 atom stereocenters. The van der Waals surface area contributed by atoms with Crippen molar-refractivity contribution in [3.63, 3.8) is 0 Å². The molecule has 0 saturated carbocycles. The van der Waals surface area contributed by atoms with E-state index in [1.54, 1.807) is 0 Å². The van der Waals surface area contributed by atoms with Gasteiger partial charge in [0, 0.05) is 38.0 Å². The average Bonchev–Trinajstić information content (AvgIpc) is 2.64. The van der Waals surface area contributed by atoms with E-state index < -0.39 is 33.9 Å². The maximum atomic E-state index is 13.5. The van der Waals surface area contributed by atoms with Gasteiger partial charge in [0.25, 0.3) is 17.5 Å². The highest BCUT2D eigenvalue weighted by atomic mass is 19.1. The third-order valence-corrected chi connectivity index (χ3v) is 3.60. The van der Waals surface area contributed by atoms with Crippen LogP contribution in [-0.4, -0.2) is 36.9 Å². The molecule has 0 heterocycles. The molecule has 0 aromatic heterocycles. The van der Waals surface area contributed by atoms with E-state index in [9.17, 15) is 28.5 Å². The molecule has 0 aliphatic carbocycles. The summed E-state index contributed by atoms with van der Waals surface area (Å²) in [6.45, 7) is 0.112. The van der Waals surface area contributed by atoms with Crippen LogP contribution < -0.4 is 16.0 Å². The summed E-state index contributed by atoms with van der Waals surface area (Å²) in [4.78, 5) is 34.0. The van der Waals surface area contributed by atoms with Crippen molar-refractivity contribution in [2.45, 2.75) is 0 Å². The van der Waals surface area contributed by atoms with Crippen LogP contribution in [0.1, 0.15) is 20.7 Å². The molecule has 0 saturated heterocycles. The number of nitro benzene ring substituents is 1. The number of amides is 2. The number of nitrogens with zero attached hydrogens (tertiary/aromatic N) is 1. The summed E-state index contributed by atoms with van der Waals surface area (Å²) in [5.74, 6) is -3.39. The van der Waals surface area contributed by atoms with Crippen molar-refractivity contribution in [1.29, 1.82) is 0 Å². The van der Waals surface area contributed by atoms with Crippen LogP contribution in [0.2, 0.25) is 0 Å². The van der Waals surface area contributed by atoms with E-state index in [0.29, 0.717) is 5.69 Å². The fraction of sp³-hybridized carbons (Fsp3) is 0.176. The molecule has 0 aliphatic rings. The lowest BCUT2D eigenvalue weighted by atomic mass is 10.1. The molecular weight excluding hydrogens is 362 g/mol. The summed E-state index contributed by atoms with van der Waals surface area (Å²) in [5, 5.41) is 18.4. The van der Waals surface area contributed by atoms with Crippen molar-refractivity contribution in [3.8, 4) is 0 Å². The molecule has 10 heteroatoms. The van der Waals surface area contributed by atoms with Crippen molar-refractivity contribution < 1.29 is 23.3 Å². The number of nitrogens with one attached hydrogen (secondary N) is 3. The highest BCUT2D eigenvalue weighted by Crippen LogP contribution is 2.22. The number of hydrogen-bond acceptors (Lipinski definition) is 5. The Kier molecular flexibility index (Phi) is 6.36. The fourth-order valence-corrected chi connectivity index (χ4v) is 2.30. The first-order valence-corrected chi connectivity index (χ1v) is 7.81. The van der Waals surface area contributed by atoms with Crippen LogP contribution in [0.5, 0.6) is 0 Å². The van der Waals surface area contributed by atoms with Gasteiger partial charge < -0.3 is 16.0 Å². The second kappa shape index (κ2) is 8.70. The van der Waals surface area contributed by atoms with Crippen LogP contribution in [0, 0.1) is 21.7 Å². The van der Waals surface area contributed by atoms with Gasteiger partial charge in [0.1, 0.15) is 17.2 Å². The van der Waals surface area contributed by atoms with Crippen molar-refractivity contribution >= 4 is 23.2 Å². The van der Waals surface area contributed by atoms with E-state index in [1.165, 1.54) is 19.2 Å². The molecular formula is C17H16F2N4O4. The number of halogens is 2. The van der Waals surface area contributed by atoms with Crippen LogP contribution in [-0.2, 0) is 0 Å². The normalized spacial score (nSPS) is 10.2. The predicted molar refractivity (Wildman–Crippen MR) is 93.7 cm³/mol. The summed E-state index contributed by atoms with van der Waals surface area (Å²) >= 11 is 0. The van der Waals surface area contributed by atoms with Crippen molar-refractivity contribution in [2.24, 2.45) is 0 Å². The van der Waals surface area contributed by atoms with Crippen molar-refractivity contribution in [1.82, 2.24) is 10.6 Å². The van der Waals surface area contributed by atoms with Gasteiger partial charge in [-0.25, -0.2) is 8.78 Å². The minimum atomic E-state index is -0.974. The highest BCUT2D eigenvalue weighted by molar-refractivity contribution is 6.00. The van der Waals surface area contributed by atoms with Gasteiger partial charge in [-0.3, -0.25) is 19.7 Å². The standard InChI is InChI=1S/C17H16F2N4O4/c1-20-16(24)11-9-10(23(26)27)5-6-14(11)21-7-8-22-17(25)15-12(18)3-2-4-13(15)19/h2-6,9,21H,7-8H2,1H3,(H,20,24)(H,22,25). The summed E-state index contributed by atoms with van der Waals surface area (Å²) in [6.07, 6.45) is 0. The van der Waals surface area contributed by atoms with E-state index in [4.69, 9.17) is 0 Å². The Balaban J connectivity index is 2.02. The zero-order valence-electron chi connectivity index (χ0n) is 14.2.